The summed E-state index contributed by atoms with van der Waals surface area (Å²) in [6, 6.07) is 13.2. The lowest BCUT2D eigenvalue weighted by Gasteiger charge is -2.27. The van der Waals surface area contributed by atoms with E-state index in [4.69, 9.17) is 0 Å². The smallest absolute Gasteiger partial charge is 0.288 e. The van der Waals surface area contributed by atoms with Gasteiger partial charge in [-0.2, -0.15) is 9.78 Å². The Morgan fingerprint density at radius 1 is 1.10 bits per heavy atom. The largest absolute Gasteiger partial charge is 0.318 e. The molecule has 0 spiro atoms. The van der Waals surface area contributed by atoms with Gasteiger partial charge in [-0.25, -0.2) is 5.10 Å². The SMILES string of the molecule is Cc1ccc(-c2n[nH]c(=O)c3c2C(c2ccc([N+](=O)[O-])cc2)n2nnnc2N3)cc1. The number of nitro groups is 1. The molecule has 5 rings (SSSR count). The molecule has 148 valence electrons. The summed E-state index contributed by atoms with van der Waals surface area (Å²) in [5.74, 6) is 0.289. The molecular weight excluding hydrogens is 388 g/mol. The Kier molecular flexibility index (Phi) is 3.88. The van der Waals surface area contributed by atoms with E-state index in [0.29, 0.717) is 16.8 Å². The van der Waals surface area contributed by atoms with Gasteiger partial charge in [-0.15, -0.1) is 0 Å². The van der Waals surface area contributed by atoms with Crippen molar-refractivity contribution in [2.45, 2.75) is 13.0 Å². The fourth-order valence-electron chi connectivity index (χ4n) is 3.56. The van der Waals surface area contributed by atoms with Gasteiger partial charge in [-0.1, -0.05) is 34.9 Å². The van der Waals surface area contributed by atoms with Crippen molar-refractivity contribution in [3.8, 4) is 11.3 Å². The Balaban J connectivity index is 1.77. The molecular formula is C19H14N8O3. The molecule has 2 aromatic carbocycles. The van der Waals surface area contributed by atoms with Gasteiger partial charge in [0.15, 0.2) is 0 Å². The Labute approximate surface area is 168 Å². The van der Waals surface area contributed by atoms with Gasteiger partial charge >= 0.3 is 0 Å². The number of H-pyrrole nitrogens is 1. The number of hydrogen-bond acceptors (Lipinski definition) is 8. The fraction of sp³-hybridized carbons (Fsp3) is 0.105. The predicted octanol–water partition coefficient (Wildman–Crippen LogP) is 2.33. The Morgan fingerprint density at radius 3 is 2.53 bits per heavy atom. The molecule has 0 saturated heterocycles. The van der Waals surface area contributed by atoms with Crippen LogP contribution < -0.4 is 10.9 Å². The number of rotatable bonds is 3. The highest BCUT2D eigenvalue weighted by Gasteiger charge is 2.34. The quantitative estimate of drug-likeness (QED) is 0.345. The van der Waals surface area contributed by atoms with E-state index in [1.807, 2.05) is 31.2 Å². The molecule has 2 N–H and O–H groups in total. The lowest BCUT2D eigenvalue weighted by molar-refractivity contribution is -0.384. The third kappa shape index (κ3) is 2.71. The van der Waals surface area contributed by atoms with Gasteiger partial charge in [0, 0.05) is 23.3 Å². The Morgan fingerprint density at radius 2 is 1.83 bits per heavy atom. The summed E-state index contributed by atoms with van der Waals surface area (Å²) in [5, 5.41) is 32.6. The molecule has 1 aliphatic rings. The number of nitrogens with one attached hydrogen (secondary N) is 2. The first-order valence-corrected chi connectivity index (χ1v) is 9.02. The summed E-state index contributed by atoms with van der Waals surface area (Å²) >= 11 is 0. The minimum Gasteiger partial charge on any atom is -0.318 e. The number of benzene rings is 2. The first kappa shape index (κ1) is 17.7. The van der Waals surface area contributed by atoms with Crippen LogP contribution in [0.2, 0.25) is 0 Å². The molecule has 0 saturated carbocycles. The van der Waals surface area contributed by atoms with E-state index in [1.54, 1.807) is 12.1 Å². The van der Waals surface area contributed by atoms with Gasteiger partial charge < -0.3 is 5.32 Å². The first-order chi connectivity index (χ1) is 14.5. The number of aryl methyl sites for hydroxylation is 1. The molecule has 0 radical (unpaired) electrons. The number of aromatic nitrogens is 6. The maximum Gasteiger partial charge on any atom is 0.288 e. The summed E-state index contributed by atoms with van der Waals surface area (Å²) < 4.78 is 1.53. The van der Waals surface area contributed by atoms with Gasteiger partial charge in [-0.3, -0.25) is 14.9 Å². The van der Waals surface area contributed by atoms with E-state index >= 15 is 0 Å². The van der Waals surface area contributed by atoms with Gasteiger partial charge in [0.1, 0.15) is 11.7 Å². The predicted molar refractivity (Wildman–Crippen MR) is 106 cm³/mol. The number of anilines is 2. The van der Waals surface area contributed by atoms with Crippen molar-refractivity contribution in [2.75, 3.05) is 5.32 Å². The van der Waals surface area contributed by atoms with Crippen molar-refractivity contribution < 1.29 is 4.92 Å². The number of nitro benzene ring substituents is 1. The van der Waals surface area contributed by atoms with Crippen LogP contribution in [-0.2, 0) is 0 Å². The second kappa shape index (κ2) is 6.58. The van der Waals surface area contributed by atoms with E-state index < -0.39 is 16.5 Å². The topological polar surface area (TPSA) is 145 Å². The van der Waals surface area contributed by atoms with Crippen molar-refractivity contribution in [1.29, 1.82) is 0 Å². The van der Waals surface area contributed by atoms with Gasteiger partial charge in [0.05, 0.1) is 10.6 Å². The molecule has 0 amide bonds. The average Bonchev–Trinajstić information content (AvgIpc) is 3.22. The first-order valence-electron chi connectivity index (χ1n) is 9.02. The van der Waals surface area contributed by atoms with Gasteiger partial charge in [0.25, 0.3) is 11.2 Å². The van der Waals surface area contributed by atoms with Gasteiger partial charge in [0.2, 0.25) is 5.95 Å². The fourth-order valence-corrected chi connectivity index (χ4v) is 3.56. The molecule has 11 heteroatoms. The monoisotopic (exact) mass is 402 g/mol. The number of nitrogens with zero attached hydrogens (tertiary/aromatic N) is 6. The normalized spacial score (nSPS) is 14.5. The number of non-ortho nitro benzene ring substituents is 1. The van der Waals surface area contributed by atoms with Crippen molar-refractivity contribution in [3.05, 3.63) is 85.7 Å². The average molecular weight is 402 g/mol. The highest BCUT2D eigenvalue weighted by Crippen LogP contribution is 2.41. The van der Waals surface area contributed by atoms with E-state index in [0.717, 1.165) is 11.1 Å². The Bertz CT molecular complexity index is 1330. The number of aromatic amines is 1. The van der Waals surface area contributed by atoms with Crippen LogP contribution in [0.3, 0.4) is 0 Å². The van der Waals surface area contributed by atoms with Crippen LogP contribution in [0.1, 0.15) is 22.7 Å². The highest BCUT2D eigenvalue weighted by atomic mass is 16.6. The van der Waals surface area contributed by atoms with Gasteiger partial charge in [-0.05, 0) is 35.0 Å². The molecule has 1 atom stereocenters. The minimum absolute atomic E-state index is 0.0346. The standard InChI is InChI=1S/C19H14N8O3/c1-10-2-4-11(5-3-10)15-14-16(18(28)22-21-15)20-19-23-24-25-26(19)17(14)12-6-8-13(9-7-12)27(29)30/h2-9,17H,1H3,(H,22,28)(H,20,23,25). The molecule has 0 fully saturated rings. The van der Waals surface area contributed by atoms with Crippen molar-refractivity contribution >= 4 is 17.3 Å². The molecule has 3 heterocycles. The molecule has 0 bridgehead atoms. The molecule has 4 aromatic rings. The molecule has 1 aliphatic heterocycles. The summed E-state index contributed by atoms with van der Waals surface area (Å²) in [6.45, 7) is 1.98. The van der Waals surface area contributed by atoms with Crippen LogP contribution >= 0.6 is 0 Å². The maximum absolute atomic E-state index is 12.6. The van der Waals surface area contributed by atoms with Crippen LogP contribution in [-0.4, -0.2) is 35.3 Å². The van der Waals surface area contributed by atoms with Crippen LogP contribution in [0, 0.1) is 17.0 Å². The van der Waals surface area contributed by atoms with E-state index in [-0.39, 0.29) is 17.3 Å². The molecule has 30 heavy (non-hydrogen) atoms. The van der Waals surface area contributed by atoms with E-state index in [9.17, 15) is 14.9 Å². The zero-order valence-corrected chi connectivity index (χ0v) is 15.6. The van der Waals surface area contributed by atoms with E-state index in [1.165, 1.54) is 16.8 Å². The number of fused-ring (bicyclic) bond motifs is 2. The molecule has 2 aromatic heterocycles. The van der Waals surface area contributed by atoms with Crippen LogP contribution in [0.4, 0.5) is 17.3 Å². The Hall–Kier alpha value is -4.41. The van der Waals surface area contributed by atoms with Crippen LogP contribution in [0.15, 0.2) is 53.3 Å². The van der Waals surface area contributed by atoms with Crippen molar-refractivity contribution in [2.24, 2.45) is 0 Å². The van der Waals surface area contributed by atoms with E-state index in [2.05, 4.69) is 31.0 Å². The third-order valence-electron chi connectivity index (χ3n) is 5.01. The lowest BCUT2D eigenvalue weighted by Crippen LogP contribution is -2.29. The summed E-state index contributed by atoms with van der Waals surface area (Å²) in [6.07, 6.45) is 0. The summed E-state index contributed by atoms with van der Waals surface area (Å²) in [4.78, 5) is 23.2. The number of hydrogen-bond donors (Lipinski definition) is 2. The zero-order valence-electron chi connectivity index (χ0n) is 15.6. The zero-order chi connectivity index (χ0) is 20.8. The van der Waals surface area contributed by atoms with Crippen molar-refractivity contribution in [1.82, 2.24) is 30.4 Å². The molecule has 11 nitrogen and oxygen atoms in total. The second-order valence-corrected chi connectivity index (χ2v) is 6.88. The van der Waals surface area contributed by atoms with Crippen molar-refractivity contribution in [3.63, 3.8) is 0 Å². The third-order valence-corrected chi connectivity index (χ3v) is 5.01. The molecule has 1 unspecified atom stereocenters. The highest BCUT2D eigenvalue weighted by molar-refractivity contribution is 5.75. The lowest BCUT2D eigenvalue weighted by atomic mass is 9.92. The summed E-state index contributed by atoms with van der Waals surface area (Å²) in [7, 11) is 0. The maximum atomic E-state index is 12.6. The molecule has 0 aliphatic carbocycles. The number of tetrazole rings is 1. The second-order valence-electron chi connectivity index (χ2n) is 6.88. The summed E-state index contributed by atoms with van der Waals surface area (Å²) in [5.41, 5.74) is 3.54. The van der Waals surface area contributed by atoms with Crippen LogP contribution in [0.5, 0.6) is 0 Å². The minimum atomic E-state index is -0.599. The van der Waals surface area contributed by atoms with Crippen LogP contribution in [0.25, 0.3) is 11.3 Å².